The van der Waals surface area contributed by atoms with Gasteiger partial charge in [-0.15, -0.1) is 0 Å². The van der Waals surface area contributed by atoms with Crippen LogP contribution in [0, 0.1) is 0 Å². The quantitative estimate of drug-likeness (QED) is 0.908. The molecule has 0 saturated carbocycles. The number of hydrogen-bond acceptors (Lipinski definition) is 3. The van der Waals surface area contributed by atoms with Crippen LogP contribution in [0.1, 0.15) is 54.2 Å². The van der Waals surface area contributed by atoms with Gasteiger partial charge in [-0.05, 0) is 68.5 Å². The lowest BCUT2D eigenvalue weighted by atomic mass is 9.87. The molecule has 25 heavy (non-hydrogen) atoms. The van der Waals surface area contributed by atoms with E-state index in [2.05, 4.69) is 17.4 Å². The first-order valence-electron chi connectivity index (χ1n) is 8.62. The van der Waals surface area contributed by atoms with E-state index in [1.807, 2.05) is 12.1 Å². The van der Waals surface area contributed by atoms with Crippen LogP contribution in [0.3, 0.4) is 0 Å². The summed E-state index contributed by atoms with van der Waals surface area (Å²) >= 11 is 0. The Bertz CT molecular complexity index is 870. The summed E-state index contributed by atoms with van der Waals surface area (Å²) in [5.74, 6) is -0.171. The number of carbonyl (C=O) groups excluding carboxylic acids is 1. The highest BCUT2D eigenvalue weighted by molar-refractivity contribution is 7.92. The maximum absolute atomic E-state index is 12.6. The highest BCUT2D eigenvalue weighted by Crippen LogP contribution is 2.29. The molecule has 0 aromatic heterocycles. The molecule has 0 unspecified atom stereocenters. The van der Waals surface area contributed by atoms with Gasteiger partial charge in [-0.3, -0.25) is 4.79 Å². The van der Waals surface area contributed by atoms with Crippen molar-refractivity contribution in [3.05, 3.63) is 65.2 Å². The first-order valence-corrected chi connectivity index (χ1v) is 10.2. The third-order valence-corrected chi connectivity index (χ3v) is 6.91. The highest BCUT2D eigenvalue weighted by Gasteiger charge is 2.23. The van der Waals surface area contributed by atoms with Gasteiger partial charge in [0.1, 0.15) is 0 Å². The minimum atomic E-state index is -3.32. The van der Waals surface area contributed by atoms with E-state index < -0.39 is 15.1 Å². The van der Waals surface area contributed by atoms with Crippen LogP contribution in [-0.4, -0.2) is 19.6 Å². The molecule has 132 valence electrons. The second kappa shape index (κ2) is 7.00. The zero-order valence-electron chi connectivity index (χ0n) is 14.5. The van der Waals surface area contributed by atoms with E-state index in [0.717, 1.165) is 19.3 Å². The van der Waals surface area contributed by atoms with Crippen molar-refractivity contribution in [2.45, 2.75) is 49.3 Å². The van der Waals surface area contributed by atoms with Gasteiger partial charge in [-0.1, -0.05) is 24.3 Å². The summed E-state index contributed by atoms with van der Waals surface area (Å²) in [6.45, 7) is 3.30. The molecule has 1 amide bonds. The van der Waals surface area contributed by atoms with Crippen LogP contribution in [0.5, 0.6) is 0 Å². The van der Waals surface area contributed by atoms with E-state index in [9.17, 15) is 13.2 Å². The molecule has 2 aromatic carbocycles. The van der Waals surface area contributed by atoms with Crippen molar-refractivity contribution >= 4 is 15.7 Å². The molecule has 1 aliphatic rings. The van der Waals surface area contributed by atoms with Crippen LogP contribution < -0.4 is 5.32 Å². The summed E-state index contributed by atoms with van der Waals surface area (Å²) in [5.41, 5.74) is 2.95. The summed E-state index contributed by atoms with van der Waals surface area (Å²) in [7, 11) is -3.32. The van der Waals surface area contributed by atoms with Crippen molar-refractivity contribution < 1.29 is 13.2 Å². The van der Waals surface area contributed by atoms with E-state index in [-0.39, 0.29) is 16.8 Å². The predicted octanol–water partition coefficient (Wildman–Crippen LogP) is 3.68. The predicted molar refractivity (Wildman–Crippen MR) is 98.4 cm³/mol. The van der Waals surface area contributed by atoms with Gasteiger partial charge in [-0.25, -0.2) is 8.42 Å². The van der Waals surface area contributed by atoms with Crippen LogP contribution >= 0.6 is 0 Å². The number of fused-ring (bicyclic) bond motifs is 1. The van der Waals surface area contributed by atoms with Gasteiger partial charge in [0.25, 0.3) is 5.91 Å². The molecule has 4 nitrogen and oxygen atoms in total. The number of benzene rings is 2. The van der Waals surface area contributed by atoms with Crippen LogP contribution in [0.25, 0.3) is 0 Å². The summed E-state index contributed by atoms with van der Waals surface area (Å²) < 4.78 is 24.3. The third kappa shape index (κ3) is 3.61. The number of rotatable bonds is 4. The van der Waals surface area contributed by atoms with Gasteiger partial charge in [0.15, 0.2) is 9.84 Å². The number of aryl methyl sites for hydroxylation is 1. The number of sulfone groups is 1. The first kappa shape index (κ1) is 17.7. The van der Waals surface area contributed by atoms with E-state index in [4.69, 9.17) is 0 Å². The molecule has 0 spiro atoms. The van der Waals surface area contributed by atoms with Gasteiger partial charge >= 0.3 is 0 Å². The fourth-order valence-corrected chi connectivity index (χ4v) is 4.27. The minimum Gasteiger partial charge on any atom is -0.345 e. The molecule has 1 aliphatic carbocycles. The van der Waals surface area contributed by atoms with Crippen molar-refractivity contribution in [2.24, 2.45) is 0 Å². The minimum absolute atomic E-state index is 0.0107. The standard InChI is InChI=1S/C20H23NO3S/c1-14(2)25(23,24)17-12-10-16(11-13-17)20(22)21-19-9-5-7-15-6-3-4-8-18(15)19/h3-4,6,8,10-14,19H,5,7,9H2,1-2H3,(H,21,22)/t19-/m1/s1. The second-order valence-electron chi connectivity index (χ2n) is 6.74. The van der Waals surface area contributed by atoms with Crippen molar-refractivity contribution in [1.82, 2.24) is 5.32 Å². The second-order valence-corrected chi connectivity index (χ2v) is 9.24. The summed E-state index contributed by atoms with van der Waals surface area (Å²) in [5, 5.41) is 2.60. The Morgan fingerprint density at radius 2 is 1.76 bits per heavy atom. The normalized spacial score (nSPS) is 17.2. The average Bonchev–Trinajstić information content (AvgIpc) is 2.62. The fraction of sp³-hybridized carbons (Fsp3) is 0.350. The van der Waals surface area contributed by atoms with Crippen LogP contribution in [0.2, 0.25) is 0 Å². The molecule has 1 N–H and O–H groups in total. The van der Waals surface area contributed by atoms with Crippen molar-refractivity contribution in [3.63, 3.8) is 0 Å². The van der Waals surface area contributed by atoms with Crippen LogP contribution in [-0.2, 0) is 16.3 Å². The number of hydrogen-bond donors (Lipinski definition) is 1. The monoisotopic (exact) mass is 357 g/mol. The molecule has 0 fully saturated rings. The topological polar surface area (TPSA) is 63.2 Å². The van der Waals surface area contributed by atoms with Crippen LogP contribution in [0.15, 0.2) is 53.4 Å². The average molecular weight is 357 g/mol. The molecule has 1 atom stereocenters. The Morgan fingerprint density at radius 1 is 1.08 bits per heavy atom. The largest absolute Gasteiger partial charge is 0.345 e. The van der Waals surface area contributed by atoms with Gasteiger partial charge in [0, 0.05) is 5.56 Å². The Balaban J connectivity index is 1.77. The fourth-order valence-electron chi connectivity index (χ4n) is 3.21. The zero-order chi connectivity index (χ0) is 18.0. The molecule has 2 aromatic rings. The molecular formula is C20H23NO3S. The lowest BCUT2D eigenvalue weighted by Gasteiger charge is -2.26. The molecule has 0 saturated heterocycles. The van der Waals surface area contributed by atoms with Gasteiger partial charge in [0.05, 0.1) is 16.2 Å². The molecular weight excluding hydrogens is 334 g/mol. The maximum atomic E-state index is 12.6. The van der Waals surface area contributed by atoms with E-state index in [1.54, 1.807) is 26.0 Å². The van der Waals surface area contributed by atoms with Crippen molar-refractivity contribution in [3.8, 4) is 0 Å². The lowest BCUT2D eigenvalue weighted by molar-refractivity contribution is 0.0932. The summed E-state index contributed by atoms with van der Waals surface area (Å²) in [6, 6.07) is 14.4. The molecule has 3 rings (SSSR count). The molecule has 0 heterocycles. The highest BCUT2D eigenvalue weighted by atomic mass is 32.2. The maximum Gasteiger partial charge on any atom is 0.251 e. The lowest BCUT2D eigenvalue weighted by Crippen LogP contribution is -2.31. The van der Waals surface area contributed by atoms with Crippen molar-refractivity contribution in [1.29, 1.82) is 0 Å². The number of nitrogens with one attached hydrogen (secondary N) is 1. The van der Waals surface area contributed by atoms with Crippen molar-refractivity contribution in [2.75, 3.05) is 0 Å². The zero-order valence-corrected chi connectivity index (χ0v) is 15.3. The smallest absolute Gasteiger partial charge is 0.251 e. The van der Waals surface area contributed by atoms with Crippen LogP contribution in [0.4, 0.5) is 0 Å². The summed E-state index contributed by atoms with van der Waals surface area (Å²) in [4.78, 5) is 12.8. The third-order valence-electron chi connectivity index (χ3n) is 4.74. The van der Waals surface area contributed by atoms with Gasteiger partial charge < -0.3 is 5.32 Å². The number of amides is 1. The molecule has 5 heteroatoms. The Morgan fingerprint density at radius 3 is 2.44 bits per heavy atom. The van der Waals surface area contributed by atoms with Gasteiger partial charge in [0.2, 0.25) is 0 Å². The Labute approximate surface area is 149 Å². The van der Waals surface area contributed by atoms with E-state index in [1.165, 1.54) is 23.3 Å². The SMILES string of the molecule is CC(C)S(=O)(=O)c1ccc(C(=O)N[C@@H]2CCCc3ccccc32)cc1. The summed E-state index contributed by atoms with van der Waals surface area (Å²) in [6.07, 6.45) is 3.01. The molecule has 0 bridgehead atoms. The number of carbonyl (C=O) groups is 1. The molecule has 0 aliphatic heterocycles. The Hall–Kier alpha value is -2.14. The van der Waals surface area contributed by atoms with E-state index in [0.29, 0.717) is 5.56 Å². The van der Waals surface area contributed by atoms with Gasteiger partial charge in [-0.2, -0.15) is 0 Å². The molecule has 0 radical (unpaired) electrons. The Kier molecular flexibility index (Phi) is 4.95. The first-order chi connectivity index (χ1) is 11.9. The van der Waals surface area contributed by atoms with E-state index >= 15 is 0 Å².